The number of carbonyl (C=O) groups excluding carboxylic acids is 3. The lowest BCUT2D eigenvalue weighted by molar-refractivity contribution is -0.562. The van der Waals surface area contributed by atoms with Crippen molar-refractivity contribution in [2.45, 2.75) is 137 Å². The quantitative estimate of drug-likeness (QED) is 0.0587. The van der Waals surface area contributed by atoms with Crippen molar-refractivity contribution in [3.63, 3.8) is 0 Å². The Morgan fingerprint density at radius 3 is 1.35 bits per heavy atom. The Hall–Kier alpha value is -3.72. The number of nitrogens with one attached hydrogen (secondary N) is 2. The van der Waals surface area contributed by atoms with E-state index in [1.54, 1.807) is 48.5 Å². The molecule has 2 atom stereocenters. The number of hydrogen-bond donors (Lipinski definition) is 3. The molecule has 0 rings (SSSR count). The van der Waals surface area contributed by atoms with E-state index in [4.69, 9.17) is 19.3 Å². The van der Waals surface area contributed by atoms with Gasteiger partial charge in [-0.25, -0.2) is 9.59 Å². The predicted molar refractivity (Wildman–Crippen MR) is 170 cm³/mol. The van der Waals surface area contributed by atoms with Crippen LogP contribution < -0.4 is 10.6 Å². The van der Waals surface area contributed by atoms with Crippen molar-refractivity contribution in [3.05, 3.63) is 20.2 Å². The summed E-state index contributed by atoms with van der Waals surface area (Å²) in [4.78, 5) is 67.2. The predicted octanol–water partition coefficient (Wildman–Crippen LogP) is 5.35. The molecule has 0 aliphatic carbocycles. The third-order valence-corrected chi connectivity index (χ3v) is 6.24. The second-order valence-corrected chi connectivity index (χ2v) is 14.2. The number of carboxylic acids is 1. The van der Waals surface area contributed by atoms with Crippen LogP contribution >= 0.6 is 0 Å². The smallest absolute Gasteiger partial charge is 0.407 e. The number of carboxylic acid groups (broad SMARTS) is 1. The fraction of sp³-hybridized carbons (Fsp3) is 0.867. The molecular formula is C30H56N4O12. The molecule has 0 heterocycles. The van der Waals surface area contributed by atoms with Crippen molar-refractivity contribution < 1.29 is 48.3 Å². The summed E-state index contributed by atoms with van der Waals surface area (Å²) in [5.41, 5.74) is -3.67. The minimum atomic E-state index is -1.29. The van der Waals surface area contributed by atoms with Crippen LogP contribution in [0.2, 0.25) is 0 Å². The Morgan fingerprint density at radius 1 is 0.696 bits per heavy atom. The Kier molecular flexibility index (Phi) is 19.0. The van der Waals surface area contributed by atoms with Gasteiger partial charge in [-0.15, -0.1) is 0 Å². The lowest BCUT2D eigenvalue weighted by Gasteiger charge is -2.22. The highest BCUT2D eigenvalue weighted by molar-refractivity contribution is 5.72. The van der Waals surface area contributed by atoms with Crippen molar-refractivity contribution >= 4 is 24.1 Å². The molecule has 46 heavy (non-hydrogen) atoms. The molecule has 0 aliphatic rings. The average Bonchev–Trinajstić information content (AvgIpc) is 2.85. The van der Waals surface area contributed by atoms with Crippen LogP contribution in [-0.4, -0.2) is 81.1 Å². The highest BCUT2D eigenvalue weighted by Crippen LogP contribution is 2.25. The topological polar surface area (TPSA) is 227 Å². The van der Waals surface area contributed by atoms with Gasteiger partial charge in [0.05, 0.1) is 18.4 Å². The van der Waals surface area contributed by atoms with Crippen LogP contribution in [-0.2, 0) is 23.8 Å². The summed E-state index contributed by atoms with van der Waals surface area (Å²) in [6.07, 6.45) is 0.493. The van der Waals surface area contributed by atoms with E-state index in [2.05, 4.69) is 10.6 Å². The number of alkyl carbamates (subject to hydrolysis) is 2. The van der Waals surface area contributed by atoms with Gasteiger partial charge in [-0.2, -0.15) is 0 Å². The van der Waals surface area contributed by atoms with Crippen LogP contribution in [0.25, 0.3) is 0 Å². The van der Waals surface area contributed by atoms with Crippen molar-refractivity contribution in [1.82, 2.24) is 10.6 Å². The summed E-state index contributed by atoms with van der Waals surface area (Å²) in [7, 11) is 0. The van der Waals surface area contributed by atoms with Crippen molar-refractivity contribution in [2.24, 2.45) is 11.8 Å². The molecule has 16 heteroatoms. The van der Waals surface area contributed by atoms with E-state index in [1.165, 1.54) is 27.7 Å². The molecule has 0 spiro atoms. The van der Waals surface area contributed by atoms with E-state index in [9.17, 15) is 39.4 Å². The molecule has 0 aliphatic heterocycles. The SMILES string of the molecule is CC(C)(C)OC(=O)NCCCC(CC(C)(C)[N+](=O)[O-])C(=O)O.CCOC(=O)C(CCCNC(=O)OC(C)(C)C)CC(C)(C)[N+](=O)[O-]. The molecule has 0 bridgehead atoms. The van der Waals surface area contributed by atoms with Crippen molar-refractivity contribution in [1.29, 1.82) is 0 Å². The number of amides is 2. The maximum atomic E-state index is 12.0. The van der Waals surface area contributed by atoms with E-state index in [0.717, 1.165) is 0 Å². The summed E-state index contributed by atoms with van der Waals surface area (Å²) in [5.74, 6) is -2.90. The van der Waals surface area contributed by atoms with Crippen LogP contribution in [0.1, 0.15) is 115 Å². The third kappa shape index (κ3) is 21.9. The summed E-state index contributed by atoms with van der Waals surface area (Å²) in [6.45, 7) is 18.8. The number of aliphatic carboxylic acids is 1. The first kappa shape index (κ1) is 44.4. The largest absolute Gasteiger partial charge is 0.481 e. The molecule has 0 fully saturated rings. The first-order chi connectivity index (χ1) is 20.7. The van der Waals surface area contributed by atoms with Gasteiger partial charge < -0.3 is 30.0 Å². The summed E-state index contributed by atoms with van der Waals surface area (Å²) in [6, 6.07) is 0. The summed E-state index contributed by atoms with van der Waals surface area (Å²) in [5, 5.41) is 36.2. The van der Waals surface area contributed by atoms with Crippen LogP contribution in [0.5, 0.6) is 0 Å². The van der Waals surface area contributed by atoms with Gasteiger partial charge in [0.2, 0.25) is 11.1 Å². The number of carbonyl (C=O) groups is 4. The van der Waals surface area contributed by atoms with E-state index in [-0.39, 0.29) is 32.4 Å². The minimum absolute atomic E-state index is 0.0538. The Labute approximate surface area is 272 Å². The van der Waals surface area contributed by atoms with Gasteiger partial charge in [0, 0.05) is 63.5 Å². The Balaban J connectivity index is 0. The number of rotatable bonds is 17. The van der Waals surface area contributed by atoms with Crippen LogP contribution in [0.15, 0.2) is 0 Å². The average molecular weight is 665 g/mol. The normalized spacial score (nSPS) is 13.2. The molecular weight excluding hydrogens is 608 g/mol. The minimum Gasteiger partial charge on any atom is -0.481 e. The van der Waals surface area contributed by atoms with Crippen LogP contribution in [0.3, 0.4) is 0 Å². The molecule has 0 saturated carbocycles. The van der Waals surface area contributed by atoms with Crippen molar-refractivity contribution in [2.75, 3.05) is 19.7 Å². The second-order valence-electron chi connectivity index (χ2n) is 14.2. The molecule has 2 amide bonds. The second kappa shape index (κ2) is 19.7. The molecule has 3 N–H and O–H groups in total. The number of esters is 1. The third-order valence-electron chi connectivity index (χ3n) is 6.24. The van der Waals surface area contributed by atoms with Gasteiger partial charge in [0.1, 0.15) is 11.2 Å². The zero-order chi connectivity index (χ0) is 36.5. The van der Waals surface area contributed by atoms with E-state index < -0.39 is 68.1 Å². The molecule has 268 valence electrons. The molecule has 0 aromatic carbocycles. The lowest BCUT2D eigenvalue weighted by atomic mass is 9.88. The standard InChI is InChI=1S/C16H30N2O6.C14H26N2O6/c1-7-23-13(19)12(11-16(5,6)18(21)22)9-8-10-17-14(20)24-15(2,3)4;1-13(2,3)22-12(19)15-8-6-7-10(11(17)18)9-14(4,5)16(20)21/h12H,7-11H2,1-6H3,(H,17,20);10H,6-9H2,1-5H3,(H,15,19)(H,17,18). The number of nitrogens with zero attached hydrogens (tertiary/aromatic N) is 2. The van der Waals surface area contributed by atoms with E-state index in [0.29, 0.717) is 25.8 Å². The zero-order valence-electron chi connectivity index (χ0n) is 29.4. The van der Waals surface area contributed by atoms with Gasteiger partial charge in [-0.1, -0.05) is 0 Å². The first-order valence-electron chi connectivity index (χ1n) is 15.4. The monoisotopic (exact) mass is 664 g/mol. The molecule has 16 nitrogen and oxygen atoms in total. The first-order valence-corrected chi connectivity index (χ1v) is 15.4. The van der Waals surface area contributed by atoms with Crippen molar-refractivity contribution in [3.8, 4) is 0 Å². The highest BCUT2D eigenvalue weighted by Gasteiger charge is 2.38. The van der Waals surface area contributed by atoms with Gasteiger partial charge in [0.25, 0.3) is 0 Å². The zero-order valence-corrected chi connectivity index (χ0v) is 29.4. The number of ether oxygens (including phenoxy) is 3. The van der Waals surface area contributed by atoms with Gasteiger partial charge in [-0.3, -0.25) is 29.8 Å². The Bertz CT molecular complexity index is 1020. The summed E-state index contributed by atoms with van der Waals surface area (Å²) < 4.78 is 15.2. The molecule has 0 radical (unpaired) electrons. The number of nitro groups is 2. The van der Waals surface area contributed by atoms with E-state index in [1.807, 2.05) is 0 Å². The van der Waals surface area contributed by atoms with E-state index >= 15 is 0 Å². The van der Waals surface area contributed by atoms with Crippen LogP contribution in [0, 0.1) is 32.1 Å². The molecule has 0 saturated heterocycles. The maximum absolute atomic E-state index is 12.0. The fourth-order valence-electron chi connectivity index (χ4n) is 3.94. The lowest BCUT2D eigenvalue weighted by Crippen LogP contribution is -2.37. The fourth-order valence-corrected chi connectivity index (χ4v) is 3.94. The summed E-state index contributed by atoms with van der Waals surface area (Å²) >= 11 is 0. The molecule has 0 aromatic heterocycles. The van der Waals surface area contributed by atoms with Crippen LogP contribution in [0.4, 0.5) is 9.59 Å². The molecule has 2 unspecified atom stereocenters. The Morgan fingerprint density at radius 2 is 1.04 bits per heavy atom. The highest BCUT2D eigenvalue weighted by atomic mass is 16.6. The van der Waals surface area contributed by atoms with Gasteiger partial charge in [0.15, 0.2) is 0 Å². The van der Waals surface area contributed by atoms with Gasteiger partial charge in [-0.05, 0) is 74.1 Å². The maximum Gasteiger partial charge on any atom is 0.407 e. The van der Waals surface area contributed by atoms with Gasteiger partial charge >= 0.3 is 24.1 Å². The molecule has 0 aromatic rings. The number of hydrogen-bond acceptors (Lipinski definition) is 11.